The van der Waals surface area contributed by atoms with Gasteiger partial charge >= 0.3 is 0 Å². The Balaban J connectivity index is 2.13. The first-order valence-corrected chi connectivity index (χ1v) is 8.97. The smallest absolute Gasteiger partial charge is 0.188 e. The zero-order valence-corrected chi connectivity index (χ0v) is 14.7. The molecule has 0 saturated carbocycles. The molecule has 1 heterocycles. The number of hydrogen-bond donors (Lipinski definition) is 1. The minimum atomic E-state index is -1.00. The van der Waals surface area contributed by atoms with E-state index in [1.54, 1.807) is 0 Å². The minimum absolute atomic E-state index is 0.176. The molecule has 132 valence electrons. The third kappa shape index (κ3) is 3.66. The van der Waals surface area contributed by atoms with Crippen molar-refractivity contribution in [3.05, 3.63) is 71.8 Å². The Morgan fingerprint density at radius 3 is 2.00 bits per heavy atom. The molecule has 1 unspecified atom stereocenters. The van der Waals surface area contributed by atoms with Gasteiger partial charge in [-0.3, -0.25) is 9.69 Å². The Morgan fingerprint density at radius 1 is 1.04 bits per heavy atom. The lowest BCUT2D eigenvalue weighted by Crippen LogP contribution is -2.61. The van der Waals surface area contributed by atoms with E-state index in [0.29, 0.717) is 6.61 Å². The van der Waals surface area contributed by atoms with Crippen LogP contribution in [-0.2, 0) is 9.53 Å². The lowest BCUT2D eigenvalue weighted by atomic mass is 9.81. The molecular formula is C21H26N2O2. The van der Waals surface area contributed by atoms with E-state index in [4.69, 9.17) is 4.74 Å². The summed E-state index contributed by atoms with van der Waals surface area (Å²) in [5, 5.41) is 3.36. The van der Waals surface area contributed by atoms with Crippen molar-refractivity contribution in [2.24, 2.45) is 0 Å². The van der Waals surface area contributed by atoms with Gasteiger partial charge in [-0.1, -0.05) is 60.7 Å². The van der Waals surface area contributed by atoms with Crippen LogP contribution in [0.4, 0.5) is 0 Å². The summed E-state index contributed by atoms with van der Waals surface area (Å²) in [4.78, 5) is 14.7. The zero-order valence-electron chi connectivity index (χ0n) is 14.7. The summed E-state index contributed by atoms with van der Waals surface area (Å²) in [5.74, 6) is -0.176. The van der Waals surface area contributed by atoms with Crippen molar-refractivity contribution in [3.8, 4) is 0 Å². The molecule has 0 spiro atoms. The Hall–Kier alpha value is -2.01. The molecule has 1 atom stereocenters. The van der Waals surface area contributed by atoms with E-state index in [2.05, 4.69) is 34.5 Å². The highest BCUT2D eigenvalue weighted by atomic mass is 16.5. The van der Waals surface area contributed by atoms with Crippen LogP contribution in [0.2, 0.25) is 0 Å². The molecule has 1 aliphatic rings. The van der Waals surface area contributed by atoms with E-state index in [9.17, 15) is 4.79 Å². The monoisotopic (exact) mass is 338 g/mol. The van der Waals surface area contributed by atoms with Crippen LogP contribution in [0.3, 0.4) is 0 Å². The molecule has 3 rings (SSSR count). The molecule has 0 aromatic heterocycles. The summed E-state index contributed by atoms with van der Waals surface area (Å²) in [7, 11) is 0. The van der Waals surface area contributed by atoms with Gasteiger partial charge < -0.3 is 10.1 Å². The number of piperazine rings is 1. The number of carbonyl (C=O) groups excluding carboxylic acids is 1. The fraction of sp³-hybridized carbons (Fsp3) is 0.381. The highest BCUT2D eigenvalue weighted by Gasteiger charge is 2.47. The topological polar surface area (TPSA) is 41.6 Å². The minimum Gasteiger partial charge on any atom is -0.353 e. The zero-order chi connectivity index (χ0) is 17.5. The van der Waals surface area contributed by atoms with Crippen molar-refractivity contribution in [2.75, 3.05) is 32.8 Å². The predicted octanol–water partition coefficient (Wildman–Crippen LogP) is 2.66. The molecule has 4 heteroatoms. The molecule has 2 aromatic rings. The van der Waals surface area contributed by atoms with E-state index >= 15 is 0 Å². The van der Waals surface area contributed by atoms with Crippen molar-refractivity contribution in [2.45, 2.75) is 18.6 Å². The van der Waals surface area contributed by atoms with Gasteiger partial charge in [0.2, 0.25) is 0 Å². The van der Waals surface area contributed by atoms with E-state index in [1.165, 1.54) is 0 Å². The molecule has 0 bridgehead atoms. The van der Waals surface area contributed by atoms with Crippen molar-refractivity contribution >= 4 is 6.29 Å². The van der Waals surface area contributed by atoms with Crippen LogP contribution < -0.4 is 5.32 Å². The first-order valence-electron chi connectivity index (χ1n) is 8.97. The van der Waals surface area contributed by atoms with Gasteiger partial charge in [-0.25, -0.2) is 0 Å². The number of rotatable bonds is 7. The second-order valence-electron chi connectivity index (χ2n) is 6.29. The molecule has 2 aromatic carbocycles. The molecule has 0 radical (unpaired) electrons. The molecular weight excluding hydrogens is 312 g/mol. The van der Waals surface area contributed by atoms with Crippen LogP contribution in [0.25, 0.3) is 0 Å². The number of hydrogen-bond acceptors (Lipinski definition) is 4. The number of aldehydes is 1. The van der Waals surface area contributed by atoms with Gasteiger partial charge in [-0.05, 0) is 18.1 Å². The summed E-state index contributed by atoms with van der Waals surface area (Å²) in [6, 6.07) is 20.4. The van der Waals surface area contributed by atoms with Crippen LogP contribution in [0.1, 0.15) is 24.0 Å². The van der Waals surface area contributed by atoms with Crippen molar-refractivity contribution in [3.63, 3.8) is 0 Å². The lowest BCUT2D eigenvalue weighted by molar-refractivity contribution is -0.171. The maximum atomic E-state index is 12.5. The van der Waals surface area contributed by atoms with Gasteiger partial charge in [0.25, 0.3) is 0 Å². The first-order chi connectivity index (χ1) is 12.3. The Kier molecular flexibility index (Phi) is 5.97. The van der Waals surface area contributed by atoms with Crippen molar-refractivity contribution in [1.29, 1.82) is 0 Å². The van der Waals surface area contributed by atoms with E-state index in [0.717, 1.165) is 43.6 Å². The summed E-state index contributed by atoms with van der Waals surface area (Å²) in [6.07, 6.45) is 1.01. The van der Waals surface area contributed by atoms with Gasteiger partial charge in [-0.15, -0.1) is 0 Å². The molecule has 1 fully saturated rings. The molecule has 0 amide bonds. The summed E-state index contributed by atoms with van der Waals surface area (Å²) in [6.45, 7) is 5.73. The molecule has 1 N–H and O–H groups in total. The van der Waals surface area contributed by atoms with E-state index < -0.39 is 5.72 Å². The van der Waals surface area contributed by atoms with Gasteiger partial charge in [0, 0.05) is 32.8 Å². The molecule has 1 aliphatic heterocycles. The Labute approximate surface area is 149 Å². The second-order valence-corrected chi connectivity index (χ2v) is 6.29. The Bertz CT molecular complexity index is 617. The van der Waals surface area contributed by atoms with Gasteiger partial charge in [-0.2, -0.15) is 0 Å². The molecule has 25 heavy (non-hydrogen) atoms. The van der Waals surface area contributed by atoms with E-state index in [1.807, 2.05) is 43.3 Å². The summed E-state index contributed by atoms with van der Waals surface area (Å²) < 4.78 is 6.22. The van der Waals surface area contributed by atoms with Crippen molar-refractivity contribution < 1.29 is 9.53 Å². The fourth-order valence-corrected chi connectivity index (χ4v) is 3.74. The van der Waals surface area contributed by atoms with E-state index in [-0.39, 0.29) is 5.92 Å². The number of nitrogens with one attached hydrogen (secondary N) is 1. The van der Waals surface area contributed by atoms with Gasteiger partial charge in [0.1, 0.15) is 0 Å². The van der Waals surface area contributed by atoms with Crippen LogP contribution in [-0.4, -0.2) is 49.7 Å². The first kappa shape index (κ1) is 17.8. The highest BCUT2D eigenvalue weighted by molar-refractivity contribution is 5.67. The lowest BCUT2D eigenvalue weighted by Gasteiger charge is -2.46. The molecule has 0 aliphatic carbocycles. The average molecular weight is 338 g/mol. The van der Waals surface area contributed by atoms with Crippen LogP contribution in [0.15, 0.2) is 60.7 Å². The third-order valence-electron chi connectivity index (χ3n) is 4.84. The van der Waals surface area contributed by atoms with Gasteiger partial charge in [0.15, 0.2) is 12.0 Å². The maximum absolute atomic E-state index is 12.5. The number of carbonyl (C=O) groups is 1. The maximum Gasteiger partial charge on any atom is 0.188 e. The van der Waals surface area contributed by atoms with Crippen molar-refractivity contribution in [1.82, 2.24) is 10.2 Å². The SMILES string of the molecule is CCOC(C=O)(C(c1ccccc1)c1ccccc1)N1CCNCC1. The summed E-state index contributed by atoms with van der Waals surface area (Å²) >= 11 is 0. The third-order valence-corrected chi connectivity index (χ3v) is 4.84. The van der Waals surface area contributed by atoms with Crippen LogP contribution in [0.5, 0.6) is 0 Å². The second kappa shape index (κ2) is 8.39. The molecule has 4 nitrogen and oxygen atoms in total. The van der Waals surface area contributed by atoms with Crippen LogP contribution in [0, 0.1) is 0 Å². The summed E-state index contributed by atoms with van der Waals surface area (Å²) in [5.41, 5.74) is 1.18. The predicted molar refractivity (Wildman–Crippen MR) is 99.6 cm³/mol. The normalized spacial score (nSPS) is 18.0. The van der Waals surface area contributed by atoms with Crippen LogP contribution >= 0.6 is 0 Å². The number of nitrogens with zero attached hydrogens (tertiary/aromatic N) is 1. The largest absolute Gasteiger partial charge is 0.353 e. The number of benzene rings is 2. The van der Waals surface area contributed by atoms with Gasteiger partial charge in [0.05, 0.1) is 5.92 Å². The standard InChI is InChI=1S/C21H26N2O2/c1-2-25-21(17-24,23-15-13-22-14-16-23)20(18-9-5-3-6-10-18)19-11-7-4-8-12-19/h3-12,17,20,22H,2,13-16H2,1H3. The highest BCUT2D eigenvalue weighted by Crippen LogP contribution is 2.39. The molecule has 1 saturated heterocycles. The Morgan fingerprint density at radius 2 is 1.56 bits per heavy atom. The fourth-order valence-electron chi connectivity index (χ4n) is 3.74. The average Bonchev–Trinajstić information content (AvgIpc) is 2.70. The number of ether oxygens (including phenoxy) is 1. The quantitative estimate of drug-likeness (QED) is 0.788.